The monoisotopic (exact) mass is 208 g/mol. The lowest BCUT2D eigenvalue weighted by molar-refractivity contribution is 0.816. The van der Waals surface area contributed by atoms with Crippen molar-refractivity contribution in [1.82, 2.24) is 9.97 Å². The molecule has 0 amide bonds. The third kappa shape index (κ3) is 3.08. The van der Waals surface area contributed by atoms with Crippen LogP contribution < -0.4 is 10.2 Å². The van der Waals surface area contributed by atoms with E-state index in [0.29, 0.717) is 0 Å². The molecule has 0 radical (unpaired) electrons. The SMILES string of the molecule is CCNc1cc(C)nc(N(CC)CC)n1. The molecule has 0 saturated heterocycles. The zero-order chi connectivity index (χ0) is 11.3. The zero-order valence-corrected chi connectivity index (χ0v) is 10.0. The van der Waals surface area contributed by atoms with Crippen LogP contribution in [0.2, 0.25) is 0 Å². The Labute approximate surface area is 91.7 Å². The predicted octanol–water partition coefficient (Wildman–Crippen LogP) is 2.06. The summed E-state index contributed by atoms with van der Waals surface area (Å²) in [4.78, 5) is 11.0. The van der Waals surface area contributed by atoms with E-state index in [-0.39, 0.29) is 0 Å². The molecule has 84 valence electrons. The number of aryl methyl sites for hydroxylation is 1. The van der Waals surface area contributed by atoms with Crippen LogP contribution in [0.4, 0.5) is 11.8 Å². The standard InChI is InChI=1S/C11H20N4/c1-5-12-10-8-9(4)13-11(14-10)15(6-2)7-3/h8H,5-7H2,1-4H3,(H,12,13,14). The lowest BCUT2D eigenvalue weighted by atomic mass is 10.4. The van der Waals surface area contributed by atoms with Crippen molar-refractivity contribution in [1.29, 1.82) is 0 Å². The van der Waals surface area contributed by atoms with Gasteiger partial charge in [-0.15, -0.1) is 0 Å². The maximum absolute atomic E-state index is 4.47. The van der Waals surface area contributed by atoms with Crippen molar-refractivity contribution in [2.75, 3.05) is 29.9 Å². The van der Waals surface area contributed by atoms with Gasteiger partial charge in [-0.2, -0.15) is 4.98 Å². The summed E-state index contributed by atoms with van der Waals surface area (Å²) >= 11 is 0. The second-order valence-electron chi connectivity index (χ2n) is 3.40. The van der Waals surface area contributed by atoms with Gasteiger partial charge in [-0.1, -0.05) is 0 Å². The highest BCUT2D eigenvalue weighted by atomic mass is 15.3. The van der Waals surface area contributed by atoms with Crippen molar-refractivity contribution in [2.45, 2.75) is 27.7 Å². The van der Waals surface area contributed by atoms with Crippen LogP contribution in [0.1, 0.15) is 26.5 Å². The van der Waals surface area contributed by atoms with Crippen LogP contribution in [0, 0.1) is 6.92 Å². The Hall–Kier alpha value is -1.32. The molecular weight excluding hydrogens is 188 g/mol. The highest BCUT2D eigenvalue weighted by Gasteiger charge is 2.07. The minimum Gasteiger partial charge on any atom is -0.370 e. The average molecular weight is 208 g/mol. The first-order chi connectivity index (χ1) is 7.21. The second kappa shape index (κ2) is 5.53. The lowest BCUT2D eigenvalue weighted by Gasteiger charge is -2.19. The van der Waals surface area contributed by atoms with E-state index in [4.69, 9.17) is 0 Å². The predicted molar refractivity (Wildman–Crippen MR) is 64.5 cm³/mol. The highest BCUT2D eigenvalue weighted by Crippen LogP contribution is 2.12. The molecule has 0 unspecified atom stereocenters. The summed E-state index contributed by atoms with van der Waals surface area (Å²) in [5, 5.41) is 3.21. The number of aromatic nitrogens is 2. The lowest BCUT2D eigenvalue weighted by Crippen LogP contribution is -2.24. The number of nitrogens with zero attached hydrogens (tertiary/aromatic N) is 3. The summed E-state index contributed by atoms with van der Waals surface area (Å²) in [7, 11) is 0. The number of anilines is 2. The first-order valence-electron chi connectivity index (χ1n) is 5.55. The van der Waals surface area contributed by atoms with Gasteiger partial charge in [-0.25, -0.2) is 4.98 Å². The Kier molecular flexibility index (Phi) is 4.34. The van der Waals surface area contributed by atoms with E-state index in [1.807, 2.05) is 13.0 Å². The van der Waals surface area contributed by atoms with Crippen LogP contribution in [0.15, 0.2) is 6.07 Å². The van der Waals surface area contributed by atoms with Gasteiger partial charge >= 0.3 is 0 Å². The number of nitrogens with one attached hydrogen (secondary N) is 1. The molecule has 0 aliphatic rings. The van der Waals surface area contributed by atoms with Gasteiger partial charge in [0.2, 0.25) is 5.95 Å². The summed E-state index contributed by atoms with van der Waals surface area (Å²) in [5.41, 5.74) is 1.00. The third-order valence-electron chi connectivity index (χ3n) is 2.25. The summed E-state index contributed by atoms with van der Waals surface area (Å²) < 4.78 is 0. The van der Waals surface area contributed by atoms with Gasteiger partial charge in [0.1, 0.15) is 5.82 Å². The van der Waals surface area contributed by atoms with Gasteiger partial charge in [-0.05, 0) is 27.7 Å². The van der Waals surface area contributed by atoms with Crippen molar-refractivity contribution >= 4 is 11.8 Å². The average Bonchev–Trinajstić information content (AvgIpc) is 2.19. The first kappa shape index (κ1) is 11.8. The smallest absolute Gasteiger partial charge is 0.227 e. The van der Waals surface area contributed by atoms with Crippen molar-refractivity contribution in [3.8, 4) is 0 Å². The van der Waals surface area contributed by atoms with E-state index in [9.17, 15) is 0 Å². The van der Waals surface area contributed by atoms with Crippen LogP contribution in [0.5, 0.6) is 0 Å². The van der Waals surface area contributed by atoms with Crippen molar-refractivity contribution in [3.63, 3.8) is 0 Å². The molecule has 0 aromatic carbocycles. The van der Waals surface area contributed by atoms with E-state index in [2.05, 4.69) is 41.0 Å². The molecule has 4 nitrogen and oxygen atoms in total. The van der Waals surface area contributed by atoms with E-state index in [1.165, 1.54) is 0 Å². The third-order valence-corrected chi connectivity index (χ3v) is 2.25. The molecule has 0 aliphatic heterocycles. The van der Waals surface area contributed by atoms with Crippen LogP contribution in [0.3, 0.4) is 0 Å². The Balaban J connectivity index is 2.96. The first-order valence-corrected chi connectivity index (χ1v) is 5.55. The minimum atomic E-state index is 0.816. The Morgan fingerprint density at radius 3 is 2.40 bits per heavy atom. The summed E-state index contributed by atoms with van der Waals surface area (Å²) in [6.07, 6.45) is 0. The Morgan fingerprint density at radius 2 is 1.87 bits per heavy atom. The Bertz CT molecular complexity index is 307. The molecule has 0 atom stereocenters. The normalized spacial score (nSPS) is 10.1. The molecule has 1 aromatic rings. The van der Waals surface area contributed by atoms with E-state index >= 15 is 0 Å². The fourth-order valence-electron chi connectivity index (χ4n) is 1.47. The van der Waals surface area contributed by atoms with E-state index < -0.39 is 0 Å². The molecule has 15 heavy (non-hydrogen) atoms. The highest BCUT2D eigenvalue weighted by molar-refractivity contribution is 5.43. The topological polar surface area (TPSA) is 41.1 Å². The molecule has 0 spiro atoms. The molecule has 0 aliphatic carbocycles. The minimum absolute atomic E-state index is 0.816. The van der Waals surface area contributed by atoms with Gasteiger partial charge in [0.25, 0.3) is 0 Å². The van der Waals surface area contributed by atoms with E-state index in [1.54, 1.807) is 0 Å². The zero-order valence-electron chi connectivity index (χ0n) is 10.0. The molecular formula is C11H20N4. The summed E-state index contributed by atoms with van der Waals surface area (Å²) in [6.45, 7) is 11.0. The fourth-order valence-corrected chi connectivity index (χ4v) is 1.47. The second-order valence-corrected chi connectivity index (χ2v) is 3.40. The number of hydrogen-bond donors (Lipinski definition) is 1. The maximum Gasteiger partial charge on any atom is 0.227 e. The molecule has 0 bridgehead atoms. The van der Waals surface area contributed by atoms with Crippen molar-refractivity contribution in [3.05, 3.63) is 11.8 Å². The van der Waals surface area contributed by atoms with Crippen LogP contribution in [0.25, 0.3) is 0 Å². The number of rotatable bonds is 5. The van der Waals surface area contributed by atoms with Crippen LogP contribution >= 0.6 is 0 Å². The molecule has 1 aromatic heterocycles. The maximum atomic E-state index is 4.47. The fraction of sp³-hybridized carbons (Fsp3) is 0.636. The van der Waals surface area contributed by atoms with Gasteiger partial charge < -0.3 is 10.2 Å². The van der Waals surface area contributed by atoms with Crippen molar-refractivity contribution in [2.24, 2.45) is 0 Å². The molecule has 0 fully saturated rings. The molecule has 0 saturated carbocycles. The molecule has 1 N–H and O–H groups in total. The molecule has 1 heterocycles. The number of hydrogen-bond acceptors (Lipinski definition) is 4. The van der Waals surface area contributed by atoms with Crippen molar-refractivity contribution < 1.29 is 0 Å². The quantitative estimate of drug-likeness (QED) is 0.804. The molecule has 1 rings (SSSR count). The Morgan fingerprint density at radius 1 is 1.20 bits per heavy atom. The van der Waals surface area contributed by atoms with Gasteiger partial charge in [-0.3, -0.25) is 0 Å². The van der Waals surface area contributed by atoms with E-state index in [0.717, 1.165) is 37.1 Å². The van der Waals surface area contributed by atoms with Gasteiger partial charge in [0.15, 0.2) is 0 Å². The summed E-state index contributed by atoms with van der Waals surface area (Å²) in [5.74, 6) is 1.72. The van der Waals surface area contributed by atoms with Gasteiger partial charge in [0, 0.05) is 31.4 Å². The molecule has 4 heteroatoms. The van der Waals surface area contributed by atoms with Crippen LogP contribution in [-0.2, 0) is 0 Å². The van der Waals surface area contributed by atoms with Gasteiger partial charge in [0.05, 0.1) is 0 Å². The van der Waals surface area contributed by atoms with Crippen LogP contribution in [-0.4, -0.2) is 29.6 Å². The largest absolute Gasteiger partial charge is 0.370 e. The summed E-state index contributed by atoms with van der Waals surface area (Å²) in [6, 6.07) is 1.97.